The third-order valence-electron chi connectivity index (χ3n) is 1.97. The van der Waals surface area contributed by atoms with Gasteiger partial charge in [-0.05, 0) is 13.5 Å². The van der Waals surface area contributed by atoms with E-state index in [4.69, 9.17) is 0 Å². The molecule has 0 spiro atoms. The van der Waals surface area contributed by atoms with Crippen LogP contribution in [0.1, 0.15) is 13.8 Å². The van der Waals surface area contributed by atoms with Crippen LogP contribution in [0.25, 0.3) is 0 Å². The summed E-state index contributed by atoms with van der Waals surface area (Å²) in [7, 11) is 0. The van der Waals surface area contributed by atoms with E-state index in [0.717, 1.165) is 19.6 Å². The van der Waals surface area contributed by atoms with Gasteiger partial charge in [0.05, 0.1) is 0 Å². The molecule has 2 heteroatoms. The molecule has 9 heavy (non-hydrogen) atoms. The van der Waals surface area contributed by atoms with Gasteiger partial charge in [0, 0.05) is 25.7 Å². The molecule has 2 nitrogen and oxygen atoms in total. The van der Waals surface area contributed by atoms with Crippen LogP contribution in [0.3, 0.4) is 0 Å². The Morgan fingerprint density at radius 1 is 1.67 bits per heavy atom. The van der Waals surface area contributed by atoms with E-state index < -0.39 is 0 Å². The van der Waals surface area contributed by atoms with Gasteiger partial charge in [-0.1, -0.05) is 6.92 Å². The zero-order valence-corrected chi connectivity index (χ0v) is 6.30. The van der Waals surface area contributed by atoms with Gasteiger partial charge in [0.25, 0.3) is 0 Å². The first kappa shape index (κ1) is 7.03. The maximum Gasteiger partial charge on any atom is 0.0287 e. The Balaban J connectivity index is 2.30. The van der Waals surface area contributed by atoms with Crippen LogP contribution in [0, 0.1) is 0 Å². The van der Waals surface area contributed by atoms with Crippen molar-refractivity contribution in [3.8, 4) is 0 Å². The average Bonchev–Trinajstić information content (AvgIpc) is 1.89. The Morgan fingerprint density at radius 2 is 2.44 bits per heavy atom. The largest absolute Gasteiger partial charge is 0.298 e. The molecule has 1 rings (SSSR count). The maximum absolute atomic E-state index is 4.31. The van der Waals surface area contributed by atoms with Crippen LogP contribution in [-0.2, 0) is 0 Å². The second-order valence-corrected chi connectivity index (χ2v) is 2.61. The van der Waals surface area contributed by atoms with E-state index in [2.05, 4.69) is 24.1 Å². The molecule has 0 amide bonds. The molecule has 0 aromatic carbocycles. The molecular formula is C7H15N2. The van der Waals surface area contributed by atoms with Crippen molar-refractivity contribution in [3.05, 3.63) is 0 Å². The second-order valence-electron chi connectivity index (χ2n) is 2.61. The Morgan fingerprint density at radius 3 is 2.89 bits per heavy atom. The normalized spacial score (nSPS) is 30.7. The summed E-state index contributed by atoms with van der Waals surface area (Å²) < 4.78 is 0. The highest BCUT2D eigenvalue weighted by atomic mass is 15.2. The van der Waals surface area contributed by atoms with E-state index in [-0.39, 0.29) is 0 Å². The topological polar surface area (TPSA) is 17.3 Å². The lowest BCUT2D eigenvalue weighted by Crippen LogP contribution is -2.46. The van der Waals surface area contributed by atoms with Crippen LogP contribution in [0.2, 0.25) is 0 Å². The van der Waals surface area contributed by atoms with E-state index in [1.807, 2.05) is 0 Å². The number of nitrogens with zero attached hydrogens (tertiary/aromatic N) is 2. The van der Waals surface area contributed by atoms with E-state index in [1.54, 1.807) is 0 Å². The van der Waals surface area contributed by atoms with Gasteiger partial charge in [-0.25, -0.2) is 5.32 Å². The summed E-state index contributed by atoms with van der Waals surface area (Å²) in [5.41, 5.74) is 0. The Labute approximate surface area is 57.2 Å². The average molecular weight is 127 g/mol. The molecule has 53 valence electrons. The number of rotatable bonds is 1. The van der Waals surface area contributed by atoms with Gasteiger partial charge in [0.1, 0.15) is 0 Å². The molecule has 0 aliphatic carbocycles. The summed E-state index contributed by atoms with van der Waals surface area (Å²) in [6.45, 7) is 8.87. The van der Waals surface area contributed by atoms with Crippen molar-refractivity contribution in [2.24, 2.45) is 0 Å². The van der Waals surface area contributed by atoms with E-state index in [9.17, 15) is 0 Å². The maximum atomic E-state index is 4.31. The van der Waals surface area contributed by atoms with Crippen molar-refractivity contribution in [3.63, 3.8) is 0 Å². The molecule has 0 aromatic heterocycles. The molecule has 0 saturated carbocycles. The lowest BCUT2D eigenvalue weighted by atomic mass is 10.2. The van der Waals surface area contributed by atoms with Gasteiger partial charge in [-0.2, -0.15) is 0 Å². The van der Waals surface area contributed by atoms with Crippen LogP contribution in [0.15, 0.2) is 0 Å². The molecule has 1 saturated heterocycles. The smallest absolute Gasteiger partial charge is 0.0287 e. The van der Waals surface area contributed by atoms with Crippen LogP contribution in [0.4, 0.5) is 0 Å². The van der Waals surface area contributed by atoms with Gasteiger partial charge in [-0.3, -0.25) is 4.90 Å². The van der Waals surface area contributed by atoms with Crippen LogP contribution < -0.4 is 5.32 Å². The van der Waals surface area contributed by atoms with Gasteiger partial charge in [-0.15, -0.1) is 0 Å². The summed E-state index contributed by atoms with van der Waals surface area (Å²) in [6, 6.07) is 0.684. The van der Waals surface area contributed by atoms with Gasteiger partial charge < -0.3 is 0 Å². The molecule has 1 radical (unpaired) electrons. The van der Waals surface area contributed by atoms with Gasteiger partial charge in [0.15, 0.2) is 0 Å². The fourth-order valence-electron chi connectivity index (χ4n) is 1.28. The van der Waals surface area contributed by atoms with Crippen molar-refractivity contribution in [1.82, 2.24) is 10.2 Å². The van der Waals surface area contributed by atoms with E-state index in [1.165, 1.54) is 6.54 Å². The Hall–Kier alpha value is -0.0800. The minimum Gasteiger partial charge on any atom is -0.298 e. The van der Waals surface area contributed by atoms with Crippen LogP contribution in [-0.4, -0.2) is 37.1 Å². The number of hydrogen-bond acceptors (Lipinski definition) is 1. The molecular weight excluding hydrogens is 112 g/mol. The Kier molecular flexibility index (Phi) is 2.49. The second kappa shape index (κ2) is 3.18. The predicted molar refractivity (Wildman–Crippen MR) is 38.6 cm³/mol. The molecule has 1 fully saturated rings. The minimum absolute atomic E-state index is 0.684. The van der Waals surface area contributed by atoms with Crippen LogP contribution in [0.5, 0.6) is 0 Å². The fourth-order valence-corrected chi connectivity index (χ4v) is 1.28. The molecule has 0 bridgehead atoms. The highest BCUT2D eigenvalue weighted by Gasteiger charge is 2.15. The van der Waals surface area contributed by atoms with Crippen molar-refractivity contribution in [2.75, 3.05) is 26.2 Å². The quantitative estimate of drug-likeness (QED) is 0.495. The highest BCUT2D eigenvalue weighted by molar-refractivity contribution is 4.73. The lowest BCUT2D eigenvalue weighted by molar-refractivity contribution is 0.181. The molecule has 1 aliphatic heterocycles. The van der Waals surface area contributed by atoms with Crippen LogP contribution >= 0.6 is 0 Å². The monoisotopic (exact) mass is 127 g/mol. The first-order chi connectivity index (χ1) is 4.34. The first-order valence-corrected chi connectivity index (χ1v) is 3.72. The minimum atomic E-state index is 0.684. The molecule has 1 unspecified atom stereocenters. The highest BCUT2D eigenvalue weighted by Crippen LogP contribution is 2.00. The molecule has 1 heterocycles. The zero-order valence-electron chi connectivity index (χ0n) is 6.30. The number of piperazine rings is 1. The number of hydrogen-bond donors (Lipinski definition) is 0. The molecule has 1 atom stereocenters. The summed E-state index contributed by atoms with van der Waals surface area (Å²) in [5, 5.41) is 4.31. The zero-order chi connectivity index (χ0) is 6.69. The van der Waals surface area contributed by atoms with Crippen molar-refractivity contribution >= 4 is 0 Å². The summed E-state index contributed by atoms with van der Waals surface area (Å²) >= 11 is 0. The van der Waals surface area contributed by atoms with Crippen molar-refractivity contribution in [1.29, 1.82) is 0 Å². The first-order valence-electron chi connectivity index (χ1n) is 3.72. The fraction of sp³-hybridized carbons (Fsp3) is 1.00. The summed E-state index contributed by atoms with van der Waals surface area (Å²) in [5.74, 6) is 0. The molecule has 0 aromatic rings. The molecule has 1 aliphatic rings. The van der Waals surface area contributed by atoms with E-state index >= 15 is 0 Å². The van der Waals surface area contributed by atoms with Gasteiger partial charge in [0.2, 0.25) is 0 Å². The SMILES string of the molecule is CCN1CC[N]CC1C. The van der Waals surface area contributed by atoms with E-state index in [0.29, 0.717) is 6.04 Å². The van der Waals surface area contributed by atoms with Crippen molar-refractivity contribution in [2.45, 2.75) is 19.9 Å². The summed E-state index contributed by atoms with van der Waals surface area (Å²) in [6.07, 6.45) is 0. The summed E-state index contributed by atoms with van der Waals surface area (Å²) in [4.78, 5) is 2.47. The predicted octanol–water partition coefficient (Wildman–Crippen LogP) is 0.315. The number of likely N-dealkylation sites (N-methyl/N-ethyl adjacent to an activating group) is 1. The third kappa shape index (κ3) is 1.66. The third-order valence-corrected chi connectivity index (χ3v) is 1.97. The van der Waals surface area contributed by atoms with Gasteiger partial charge >= 0.3 is 0 Å². The molecule has 0 N–H and O–H groups in total. The standard InChI is InChI=1S/C7H15N2/c1-3-9-5-4-8-6-7(9)2/h7H,3-6H2,1-2H3. The van der Waals surface area contributed by atoms with Crippen molar-refractivity contribution < 1.29 is 0 Å². The lowest BCUT2D eigenvalue weighted by Gasteiger charge is -2.31. The Bertz CT molecular complexity index is 83.0.